The number of allylic oxidation sites excluding steroid dienone is 5. The number of nitriles is 1. The fourth-order valence-electron chi connectivity index (χ4n) is 4.65. The Bertz CT molecular complexity index is 1370. The average molecular weight is 480 g/mol. The van der Waals surface area contributed by atoms with Crippen molar-refractivity contribution in [1.82, 2.24) is 0 Å². The van der Waals surface area contributed by atoms with Crippen LogP contribution >= 0.6 is 0 Å². The molecule has 6 nitrogen and oxygen atoms in total. The first-order valence-electron chi connectivity index (χ1n) is 11.7. The third kappa shape index (κ3) is 4.59. The molecule has 2 aliphatic rings. The second-order valence-corrected chi connectivity index (χ2v) is 9.36. The highest BCUT2D eigenvalue weighted by atomic mass is 16.5. The van der Waals surface area contributed by atoms with Crippen LogP contribution in [0.4, 0.5) is 5.69 Å². The Balaban J connectivity index is 1.82. The maximum atomic E-state index is 9.46. The van der Waals surface area contributed by atoms with E-state index in [1.54, 1.807) is 26.4 Å². The van der Waals surface area contributed by atoms with Crippen LogP contribution in [0, 0.1) is 17.9 Å². The molecule has 182 valence electrons. The van der Waals surface area contributed by atoms with Crippen LogP contribution < -0.4 is 14.4 Å². The third-order valence-electron chi connectivity index (χ3n) is 6.59. The van der Waals surface area contributed by atoms with Crippen molar-refractivity contribution in [2.75, 3.05) is 32.7 Å². The van der Waals surface area contributed by atoms with Crippen LogP contribution in [-0.4, -0.2) is 27.8 Å². The van der Waals surface area contributed by atoms with Crippen LogP contribution in [0.15, 0.2) is 71.7 Å². The molecule has 2 aromatic carbocycles. The standard InChI is InChI=1S/C30H29N3O3/c1-30(2)14-15-33(4)28-26(34-5)17-21(29(35-6)27(28)30)12-13-23-16-22(24(19-31)32-3)18-25(36-23)20-10-8-7-9-11-20/h7-13,16-18H,14-15H2,1-2,4-6H3/b13-12+,24-22-. The fraction of sp³-hybridized carbons (Fsp3) is 0.267. The molecule has 2 aliphatic heterocycles. The van der Waals surface area contributed by atoms with Crippen molar-refractivity contribution in [2.45, 2.75) is 25.7 Å². The van der Waals surface area contributed by atoms with Gasteiger partial charge in [0.2, 0.25) is 0 Å². The van der Waals surface area contributed by atoms with Crippen LogP contribution in [0.3, 0.4) is 0 Å². The Labute approximate surface area is 212 Å². The predicted octanol–water partition coefficient (Wildman–Crippen LogP) is 6.49. The number of nitrogens with zero attached hydrogens (tertiary/aromatic N) is 3. The summed E-state index contributed by atoms with van der Waals surface area (Å²) in [5.74, 6) is 2.66. The summed E-state index contributed by atoms with van der Waals surface area (Å²) in [5.41, 5.74) is 4.29. The molecule has 2 aromatic rings. The van der Waals surface area contributed by atoms with E-state index in [0.717, 1.165) is 46.8 Å². The van der Waals surface area contributed by atoms with Gasteiger partial charge in [-0.3, -0.25) is 0 Å². The number of benzene rings is 2. The van der Waals surface area contributed by atoms with Crippen molar-refractivity contribution >= 4 is 17.5 Å². The van der Waals surface area contributed by atoms with Gasteiger partial charge in [-0.2, -0.15) is 0 Å². The van der Waals surface area contributed by atoms with Gasteiger partial charge in [0, 0.05) is 30.3 Å². The molecule has 4 rings (SSSR count). The number of rotatable bonds is 5. The summed E-state index contributed by atoms with van der Waals surface area (Å²) < 4.78 is 17.9. The predicted molar refractivity (Wildman–Crippen MR) is 142 cm³/mol. The normalized spacial score (nSPS) is 17.7. The number of hydrogen-bond donors (Lipinski definition) is 0. The van der Waals surface area contributed by atoms with Crippen molar-refractivity contribution in [2.24, 2.45) is 0 Å². The van der Waals surface area contributed by atoms with E-state index >= 15 is 0 Å². The molecule has 0 saturated heterocycles. The van der Waals surface area contributed by atoms with Crippen molar-refractivity contribution in [3.05, 3.63) is 99.8 Å². The zero-order valence-corrected chi connectivity index (χ0v) is 21.3. The van der Waals surface area contributed by atoms with Crippen LogP contribution in [-0.2, 0) is 10.2 Å². The third-order valence-corrected chi connectivity index (χ3v) is 6.59. The van der Waals surface area contributed by atoms with Gasteiger partial charge in [0.1, 0.15) is 23.0 Å². The minimum atomic E-state index is -0.0959. The lowest BCUT2D eigenvalue weighted by molar-refractivity contribution is 0.368. The number of fused-ring (bicyclic) bond motifs is 1. The van der Waals surface area contributed by atoms with E-state index < -0.39 is 0 Å². The largest absolute Gasteiger partial charge is 0.496 e. The number of methoxy groups -OCH3 is 2. The highest BCUT2D eigenvalue weighted by Gasteiger charge is 2.36. The van der Waals surface area contributed by atoms with E-state index in [2.05, 4.69) is 30.6 Å². The second-order valence-electron chi connectivity index (χ2n) is 9.36. The molecule has 0 saturated carbocycles. The number of anilines is 1. The Morgan fingerprint density at radius 2 is 1.92 bits per heavy atom. The molecule has 0 atom stereocenters. The molecule has 0 N–H and O–H groups in total. The summed E-state index contributed by atoms with van der Waals surface area (Å²) in [5, 5.41) is 9.46. The molecule has 0 unspecified atom stereocenters. The Morgan fingerprint density at radius 1 is 1.17 bits per heavy atom. The summed E-state index contributed by atoms with van der Waals surface area (Å²) >= 11 is 0. The Morgan fingerprint density at radius 3 is 2.56 bits per heavy atom. The minimum absolute atomic E-state index is 0.00967. The monoisotopic (exact) mass is 479 g/mol. The lowest BCUT2D eigenvalue weighted by Crippen LogP contribution is -2.35. The van der Waals surface area contributed by atoms with E-state index in [9.17, 15) is 5.26 Å². The van der Waals surface area contributed by atoms with Gasteiger partial charge in [0.25, 0.3) is 5.70 Å². The molecule has 0 aliphatic carbocycles. The highest BCUT2D eigenvalue weighted by Crippen LogP contribution is 2.51. The average Bonchev–Trinajstić information content (AvgIpc) is 2.90. The molecule has 0 spiro atoms. The first kappa shape index (κ1) is 24.7. The summed E-state index contributed by atoms with van der Waals surface area (Å²) in [7, 11) is 5.44. The number of ether oxygens (including phenoxy) is 3. The quantitative estimate of drug-likeness (QED) is 0.363. The Kier molecular flexibility index (Phi) is 6.90. The Hall–Kier alpha value is -4.42. The fourth-order valence-corrected chi connectivity index (χ4v) is 4.65. The number of hydrogen-bond acceptors (Lipinski definition) is 5. The summed E-state index contributed by atoms with van der Waals surface area (Å²) in [6.07, 6.45) is 8.18. The molecule has 6 heteroatoms. The molecule has 0 aromatic heterocycles. The van der Waals surface area contributed by atoms with Crippen molar-refractivity contribution in [3.8, 4) is 17.6 Å². The van der Waals surface area contributed by atoms with Gasteiger partial charge in [-0.15, -0.1) is 0 Å². The van der Waals surface area contributed by atoms with Gasteiger partial charge < -0.3 is 19.1 Å². The molecule has 0 bridgehead atoms. The molecule has 0 radical (unpaired) electrons. The van der Waals surface area contributed by atoms with Crippen molar-refractivity contribution in [3.63, 3.8) is 0 Å². The van der Waals surface area contributed by atoms with E-state index in [-0.39, 0.29) is 11.1 Å². The lowest BCUT2D eigenvalue weighted by Gasteiger charge is -2.40. The van der Waals surface area contributed by atoms with Crippen molar-refractivity contribution < 1.29 is 14.2 Å². The minimum Gasteiger partial charge on any atom is -0.496 e. The molecular formula is C30H29N3O3. The van der Waals surface area contributed by atoms with Gasteiger partial charge in [0.15, 0.2) is 0 Å². The van der Waals surface area contributed by atoms with E-state index in [1.807, 2.05) is 54.6 Å². The van der Waals surface area contributed by atoms with Crippen LogP contribution in [0.5, 0.6) is 11.5 Å². The van der Waals surface area contributed by atoms with Gasteiger partial charge >= 0.3 is 0 Å². The SMILES string of the molecule is [C-]#[N+]/C(C#N)=C1C=C(/C=C/c2cc(OC)c3c(c2OC)C(C)(C)CCN3C)OC(c2ccccc2)=C/1. The van der Waals surface area contributed by atoms with Crippen molar-refractivity contribution in [1.29, 1.82) is 5.26 Å². The summed E-state index contributed by atoms with van der Waals surface area (Å²) in [4.78, 5) is 5.60. The van der Waals surface area contributed by atoms with E-state index in [4.69, 9.17) is 20.8 Å². The van der Waals surface area contributed by atoms with Crippen LogP contribution in [0.1, 0.15) is 37.0 Å². The molecular weight excluding hydrogens is 450 g/mol. The zero-order valence-electron chi connectivity index (χ0n) is 21.3. The summed E-state index contributed by atoms with van der Waals surface area (Å²) in [6.45, 7) is 12.8. The smallest absolute Gasteiger partial charge is 0.269 e. The summed E-state index contributed by atoms with van der Waals surface area (Å²) in [6, 6.07) is 13.6. The van der Waals surface area contributed by atoms with Gasteiger partial charge in [-0.05, 0) is 47.8 Å². The van der Waals surface area contributed by atoms with E-state index in [1.165, 1.54) is 0 Å². The van der Waals surface area contributed by atoms with E-state index in [0.29, 0.717) is 17.1 Å². The topological polar surface area (TPSA) is 59.1 Å². The lowest BCUT2D eigenvalue weighted by atomic mass is 9.76. The van der Waals surface area contributed by atoms with Gasteiger partial charge in [-0.25, -0.2) is 10.1 Å². The van der Waals surface area contributed by atoms with Crippen LogP contribution in [0.25, 0.3) is 16.7 Å². The zero-order chi connectivity index (χ0) is 25.9. The molecule has 0 amide bonds. The maximum absolute atomic E-state index is 9.46. The molecule has 2 heterocycles. The van der Waals surface area contributed by atoms with Gasteiger partial charge in [0.05, 0.1) is 32.5 Å². The molecule has 36 heavy (non-hydrogen) atoms. The first-order valence-corrected chi connectivity index (χ1v) is 11.7. The maximum Gasteiger partial charge on any atom is 0.269 e. The molecule has 0 fully saturated rings. The first-order chi connectivity index (χ1) is 17.3. The van der Waals surface area contributed by atoms with Crippen LogP contribution in [0.2, 0.25) is 0 Å². The highest BCUT2D eigenvalue weighted by molar-refractivity contribution is 5.78. The second kappa shape index (κ2) is 10.1. The van der Waals surface area contributed by atoms with Gasteiger partial charge in [-0.1, -0.05) is 44.2 Å².